The number of hydrogen-bond acceptors (Lipinski definition) is 1. The van der Waals surface area contributed by atoms with E-state index in [4.69, 9.17) is 4.74 Å². The van der Waals surface area contributed by atoms with Crippen LogP contribution in [0.4, 0.5) is 0 Å². The maximum absolute atomic E-state index is 5.25. The van der Waals surface area contributed by atoms with Crippen molar-refractivity contribution in [2.45, 2.75) is 20.3 Å². The second-order valence-electron chi connectivity index (χ2n) is 3.09. The molecule has 0 bridgehead atoms. The van der Waals surface area contributed by atoms with Crippen LogP contribution in [0.3, 0.4) is 0 Å². The maximum Gasteiger partial charge on any atom is 0.126 e. The molecule has 1 heteroatoms. The smallest absolute Gasteiger partial charge is 0.126 e. The fourth-order valence-corrected chi connectivity index (χ4v) is 1.15. The molecule has 0 unspecified atom stereocenters. The van der Waals surface area contributed by atoms with E-state index in [0.717, 1.165) is 17.7 Å². The molecule has 0 spiro atoms. The topological polar surface area (TPSA) is 9.23 Å². The van der Waals surface area contributed by atoms with Crippen LogP contribution in [0, 0.1) is 0 Å². The van der Waals surface area contributed by atoms with Crippen molar-refractivity contribution in [3.8, 4) is 5.75 Å². The van der Waals surface area contributed by atoms with Gasteiger partial charge in [0.1, 0.15) is 5.75 Å². The molecular weight excluding hydrogens is 160 g/mol. The molecule has 0 aromatic heterocycles. The Balaban J connectivity index is 2.99. The van der Waals surface area contributed by atoms with Gasteiger partial charge in [-0.3, -0.25) is 0 Å². The van der Waals surface area contributed by atoms with Crippen LogP contribution in [-0.2, 0) is 0 Å². The fourth-order valence-electron chi connectivity index (χ4n) is 1.15. The Labute approximate surface area is 80.0 Å². The van der Waals surface area contributed by atoms with Crippen LogP contribution in [0.5, 0.6) is 5.75 Å². The summed E-state index contributed by atoms with van der Waals surface area (Å²) >= 11 is 0. The molecular formula is C12H16O. The lowest BCUT2D eigenvalue weighted by Crippen LogP contribution is -1.86. The lowest BCUT2D eigenvalue weighted by Gasteiger charge is -2.04. The molecule has 1 aromatic carbocycles. The number of para-hydroxylation sites is 1. The van der Waals surface area contributed by atoms with Gasteiger partial charge in [0.25, 0.3) is 0 Å². The van der Waals surface area contributed by atoms with Crippen LogP contribution in [0.25, 0.3) is 6.08 Å². The molecule has 0 aliphatic carbocycles. The van der Waals surface area contributed by atoms with Crippen LogP contribution >= 0.6 is 0 Å². The first kappa shape index (κ1) is 9.85. The fraction of sp³-hybridized carbons (Fsp3) is 0.333. The number of benzene rings is 1. The van der Waals surface area contributed by atoms with Gasteiger partial charge in [-0.05, 0) is 19.4 Å². The number of allylic oxidation sites excluding steroid dienone is 1. The van der Waals surface area contributed by atoms with Crippen LogP contribution < -0.4 is 4.74 Å². The maximum atomic E-state index is 5.25. The summed E-state index contributed by atoms with van der Waals surface area (Å²) in [6, 6.07) is 8.06. The summed E-state index contributed by atoms with van der Waals surface area (Å²) in [6.07, 6.45) is 3.25. The Morgan fingerprint density at radius 2 is 2.08 bits per heavy atom. The lowest BCUT2D eigenvalue weighted by atomic mass is 10.1. The molecule has 1 nitrogen and oxygen atoms in total. The second kappa shape index (κ2) is 4.70. The van der Waals surface area contributed by atoms with E-state index in [0.29, 0.717) is 0 Å². The monoisotopic (exact) mass is 176 g/mol. The van der Waals surface area contributed by atoms with Gasteiger partial charge in [-0.25, -0.2) is 0 Å². The average Bonchev–Trinajstić information content (AvgIpc) is 2.18. The molecule has 1 aromatic rings. The van der Waals surface area contributed by atoms with E-state index < -0.39 is 0 Å². The van der Waals surface area contributed by atoms with E-state index in [2.05, 4.69) is 26.0 Å². The molecule has 0 aliphatic rings. The Morgan fingerprint density at radius 3 is 2.69 bits per heavy atom. The van der Waals surface area contributed by atoms with E-state index in [1.165, 1.54) is 5.57 Å². The first-order valence-electron chi connectivity index (χ1n) is 4.58. The Kier molecular flexibility index (Phi) is 3.56. The summed E-state index contributed by atoms with van der Waals surface area (Å²) < 4.78 is 5.25. The molecule has 0 saturated carbocycles. The molecule has 1 rings (SSSR count). The minimum absolute atomic E-state index is 0.940. The van der Waals surface area contributed by atoms with E-state index in [9.17, 15) is 0 Å². The van der Waals surface area contributed by atoms with Crippen molar-refractivity contribution in [3.05, 3.63) is 35.4 Å². The second-order valence-corrected chi connectivity index (χ2v) is 3.09. The summed E-state index contributed by atoms with van der Waals surface area (Å²) in [5.74, 6) is 0.940. The standard InChI is InChI=1S/C12H16O/c1-4-10(2)9-11-7-5-6-8-12(11)13-3/h5-9H,4H2,1-3H3. The van der Waals surface area contributed by atoms with Crippen molar-refractivity contribution >= 4 is 6.08 Å². The highest BCUT2D eigenvalue weighted by molar-refractivity contribution is 5.59. The minimum atomic E-state index is 0.940. The highest BCUT2D eigenvalue weighted by atomic mass is 16.5. The van der Waals surface area contributed by atoms with Crippen LogP contribution in [0.2, 0.25) is 0 Å². The van der Waals surface area contributed by atoms with Gasteiger partial charge in [0, 0.05) is 5.56 Å². The largest absolute Gasteiger partial charge is 0.496 e. The van der Waals surface area contributed by atoms with Crippen LogP contribution in [0.15, 0.2) is 29.8 Å². The quantitative estimate of drug-likeness (QED) is 0.684. The number of ether oxygens (including phenoxy) is 1. The van der Waals surface area contributed by atoms with Crippen LogP contribution in [0.1, 0.15) is 25.8 Å². The molecule has 0 N–H and O–H groups in total. The van der Waals surface area contributed by atoms with E-state index in [1.54, 1.807) is 7.11 Å². The third-order valence-corrected chi connectivity index (χ3v) is 2.10. The average molecular weight is 176 g/mol. The van der Waals surface area contributed by atoms with Crippen molar-refractivity contribution < 1.29 is 4.74 Å². The zero-order valence-corrected chi connectivity index (χ0v) is 8.50. The summed E-state index contributed by atoms with van der Waals surface area (Å²) in [7, 11) is 1.70. The van der Waals surface area contributed by atoms with E-state index >= 15 is 0 Å². The van der Waals surface area contributed by atoms with Gasteiger partial charge in [-0.15, -0.1) is 0 Å². The summed E-state index contributed by atoms with van der Waals surface area (Å²) in [5.41, 5.74) is 2.52. The van der Waals surface area contributed by atoms with Gasteiger partial charge in [0.15, 0.2) is 0 Å². The first-order valence-corrected chi connectivity index (χ1v) is 4.58. The number of methoxy groups -OCH3 is 1. The number of rotatable bonds is 3. The molecule has 0 heterocycles. The summed E-state index contributed by atoms with van der Waals surface area (Å²) in [6.45, 7) is 4.29. The molecule has 0 amide bonds. The predicted molar refractivity (Wildman–Crippen MR) is 56.9 cm³/mol. The van der Waals surface area contributed by atoms with Gasteiger partial charge in [-0.1, -0.05) is 36.8 Å². The highest BCUT2D eigenvalue weighted by Gasteiger charge is 1.97. The van der Waals surface area contributed by atoms with Gasteiger partial charge < -0.3 is 4.74 Å². The molecule has 0 radical (unpaired) electrons. The van der Waals surface area contributed by atoms with Crippen molar-refractivity contribution in [1.29, 1.82) is 0 Å². The molecule has 70 valence electrons. The van der Waals surface area contributed by atoms with Crippen molar-refractivity contribution in [1.82, 2.24) is 0 Å². The third kappa shape index (κ3) is 2.62. The molecule has 0 saturated heterocycles. The van der Waals surface area contributed by atoms with E-state index in [-0.39, 0.29) is 0 Å². The lowest BCUT2D eigenvalue weighted by molar-refractivity contribution is 0.414. The van der Waals surface area contributed by atoms with Crippen molar-refractivity contribution in [3.63, 3.8) is 0 Å². The molecule has 0 fully saturated rings. The van der Waals surface area contributed by atoms with Gasteiger partial charge in [-0.2, -0.15) is 0 Å². The predicted octanol–water partition coefficient (Wildman–Crippen LogP) is 3.51. The molecule has 0 atom stereocenters. The van der Waals surface area contributed by atoms with Crippen molar-refractivity contribution in [2.75, 3.05) is 7.11 Å². The Morgan fingerprint density at radius 1 is 1.38 bits per heavy atom. The zero-order valence-electron chi connectivity index (χ0n) is 8.50. The molecule has 13 heavy (non-hydrogen) atoms. The minimum Gasteiger partial charge on any atom is -0.496 e. The Bertz CT molecular complexity index is 300. The molecule has 0 aliphatic heterocycles. The Hall–Kier alpha value is -1.24. The van der Waals surface area contributed by atoms with Gasteiger partial charge in [0.2, 0.25) is 0 Å². The SMILES string of the molecule is CCC(C)=Cc1ccccc1OC. The van der Waals surface area contributed by atoms with E-state index in [1.807, 2.05) is 18.2 Å². The highest BCUT2D eigenvalue weighted by Crippen LogP contribution is 2.20. The summed E-state index contributed by atoms with van der Waals surface area (Å²) in [4.78, 5) is 0. The number of hydrogen-bond donors (Lipinski definition) is 0. The van der Waals surface area contributed by atoms with Crippen LogP contribution in [-0.4, -0.2) is 7.11 Å². The third-order valence-electron chi connectivity index (χ3n) is 2.10. The van der Waals surface area contributed by atoms with Crippen molar-refractivity contribution in [2.24, 2.45) is 0 Å². The van der Waals surface area contributed by atoms with Gasteiger partial charge in [0.05, 0.1) is 7.11 Å². The first-order chi connectivity index (χ1) is 6.27. The summed E-state index contributed by atoms with van der Waals surface area (Å²) in [5, 5.41) is 0. The normalized spacial score (nSPS) is 11.5. The zero-order chi connectivity index (χ0) is 9.68. The van der Waals surface area contributed by atoms with Gasteiger partial charge >= 0.3 is 0 Å².